The van der Waals surface area contributed by atoms with Crippen LogP contribution in [0.2, 0.25) is 0 Å². The number of rotatable bonds is 12. The summed E-state index contributed by atoms with van der Waals surface area (Å²) >= 11 is 0. The minimum Gasteiger partial charge on any atom is -0.242 e. The van der Waals surface area contributed by atoms with Crippen LogP contribution in [0.25, 0.3) is 0 Å². The van der Waals surface area contributed by atoms with Crippen LogP contribution in [-0.2, 0) is 37.9 Å². The van der Waals surface area contributed by atoms with Crippen LogP contribution in [0.15, 0.2) is 0 Å². The second kappa shape index (κ2) is 13.5. The van der Waals surface area contributed by atoms with E-state index in [0.29, 0.717) is 0 Å². The predicted octanol–water partition coefficient (Wildman–Crippen LogP) is -0.157. The zero-order valence-electron chi connectivity index (χ0n) is 10.6. The van der Waals surface area contributed by atoms with Crippen LogP contribution < -0.4 is 0 Å². The summed E-state index contributed by atoms with van der Waals surface area (Å²) in [4.78, 5) is 18.9. The maximum Gasteiger partial charge on any atom is 0.792 e. The molecule has 0 unspecified atom stereocenters. The van der Waals surface area contributed by atoms with Gasteiger partial charge in [0.25, 0.3) is 0 Å². The lowest BCUT2D eigenvalue weighted by atomic mass is 10.9. The van der Waals surface area contributed by atoms with Crippen LogP contribution in [-0.4, -0.2) is 46.4 Å². The summed E-state index contributed by atoms with van der Waals surface area (Å²) in [5.41, 5.74) is 0. The lowest BCUT2D eigenvalue weighted by Crippen LogP contribution is -2.49. The van der Waals surface area contributed by atoms with E-state index < -0.39 is 9.05 Å². The van der Waals surface area contributed by atoms with E-state index in [1.54, 1.807) is 27.7 Å². The molecule has 0 aromatic carbocycles. The van der Waals surface area contributed by atoms with E-state index in [-0.39, 0.29) is 37.4 Å². The first-order chi connectivity index (χ1) is 8.24. The molecule has 0 saturated carbocycles. The van der Waals surface area contributed by atoms with Crippen molar-refractivity contribution in [2.24, 2.45) is 0 Å². The molecule has 0 N–H and O–H groups in total. The van der Waals surface area contributed by atoms with E-state index in [4.69, 9.17) is 37.9 Å². The Morgan fingerprint density at radius 3 is 0.944 bits per heavy atom. The van der Waals surface area contributed by atoms with Gasteiger partial charge in [0.15, 0.2) is 0 Å². The molecule has 0 aliphatic rings. The lowest BCUT2D eigenvalue weighted by Gasteiger charge is -2.22. The van der Waals surface area contributed by atoms with Crippen molar-refractivity contribution >= 4 is 20.0 Å². The topological polar surface area (TPSA) is 73.8 Å². The Balaban J connectivity index is 0. The van der Waals surface area contributed by atoms with Crippen LogP contribution in [0.3, 0.4) is 0 Å². The van der Waals surface area contributed by atoms with Gasteiger partial charge in [0.05, 0.1) is 26.4 Å². The molecule has 0 heterocycles. The summed E-state index contributed by atoms with van der Waals surface area (Å²) in [6.07, 6.45) is 0. The van der Waals surface area contributed by atoms with Crippen molar-refractivity contribution in [1.29, 1.82) is 0 Å². The molecule has 0 atom stereocenters. The average Bonchev–Trinajstić information content (AvgIpc) is 2.37. The van der Waals surface area contributed by atoms with Crippen molar-refractivity contribution in [3.63, 3.8) is 0 Å². The molecule has 10 heteroatoms. The summed E-state index contributed by atoms with van der Waals surface area (Å²) in [6.45, 7) is 7.99. The molecule has 0 spiro atoms. The van der Waals surface area contributed by atoms with Crippen molar-refractivity contribution in [2.45, 2.75) is 27.7 Å². The molecule has 0 aromatic heterocycles. The van der Waals surface area contributed by atoms with Gasteiger partial charge in [-0.25, -0.2) is 19.6 Å². The first-order valence-corrected chi connectivity index (χ1v) is 7.10. The van der Waals surface area contributed by atoms with Gasteiger partial charge >= 0.3 is 9.05 Å². The standard InChI is InChI=1S/C8H20O8Si.H4Si/c1-5-9-13-17(14-10-6-2,15-11-7-3)16-12-8-4;/h5-8H2,1-4H3;1H4. The van der Waals surface area contributed by atoms with Crippen LogP contribution in [0.4, 0.5) is 0 Å². The van der Waals surface area contributed by atoms with Gasteiger partial charge < -0.3 is 0 Å². The highest BCUT2D eigenvalue weighted by Gasteiger charge is 2.54. The predicted molar refractivity (Wildman–Crippen MR) is 67.9 cm³/mol. The Morgan fingerprint density at radius 2 is 0.778 bits per heavy atom. The van der Waals surface area contributed by atoms with E-state index in [9.17, 15) is 0 Å². The van der Waals surface area contributed by atoms with Crippen LogP contribution in [0, 0.1) is 0 Å². The molecule has 0 fully saturated rings. The van der Waals surface area contributed by atoms with E-state index in [1.165, 1.54) is 0 Å². The minimum absolute atomic E-state index is 0. The first kappa shape index (κ1) is 20.4. The van der Waals surface area contributed by atoms with Gasteiger partial charge in [0.1, 0.15) is 0 Å². The quantitative estimate of drug-likeness (QED) is 0.280. The fourth-order valence-corrected chi connectivity index (χ4v) is 1.82. The summed E-state index contributed by atoms with van der Waals surface area (Å²) in [7, 11) is -3.77. The third-order valence-electron chi connectivity index (χ3n) is 1.12. The van der Waals surface area contributed by atoms with E-state index in [2.05, 4.69) is 0 Å². The van der Waals surface area contributed by atoms with Crippen molar-refractivity contribution in [3.8, 4) is 0 Å². The van der Waals surface area contributed by atoms with E-state index in [1.807, 2.05) is 0 Å². The van der Waals surface area contributed by atoms with E-state index in [0.717, 1.165) is 0 Å². The van der Waals surface area contributed by atoms with Gasteiger partial charge in [-0.15, -0.1) is 0 Å². The first-order valence-electron chi connectivity index (χ1n) is 5.47. The summed E-state index contributed by atoms with van der Waals surface area (Å²) < 4.78 is 19.5. The smallest absolute Gasteiger partial charge is 0.242 e. The number of hydrogen-bond acceptors (Lipinski definition) is 8. The molecule has 18 heavy (non-hydrogen) atoms. The normalized spacial score (nSPS) is 11.3. The Kier molecular flexibility index (Phi) is 15.4. The molecular formula is C8H24O8Si2. The fourth-order valence-electron chi connectivity index (χ4n) is 0.608. The molecule has 0 aliphatic heterocycles. The SMILES string of the molecule is CCOO[Si](OOCC)(OOCC)OOCC.[SiH4]. The molecule has 112 valence electrons. The molecule has 0 aliphatic carbocycles. The third-order valence-corrected chi connectivity index (χ3v) is 2.40. The lowest BCUT2D eigenvalue weighted by molar-refractivity contribution is -0.425. The number of hydrogen-bond donors (Lipinski definition) is 0. The monoisotopic (exact) mass is 304 g/mol. The summed E-state index contributed by atoms with van der Waals surface area (Å²) in [6, 6.07) is 0. The van der Waals surface area contributed by atoms with Crippen LogP contribution in [0.1, 0.15) is 27.7 Å². The highest BCUT2D eigenvalue weighted by Crippen LogP contribution is 2.14. The van der Waals surface area contributed by atoms with Gasteiger partial charge in [0.2, 0.25) is 0 Å². The van der Waals surface area contributed by atoms with Gasteiger partial charge in [-0.05, 0) is 38.7 Å². The second-order valence-electron chi connectivity index (χ2n) is 2.46. The highest BCUT2D eigenvalue weighted by atomic mass is 28.4. The molecule has 0 saturated heterocycles. The Hall–Kier alpha value is 0.114. The van der Waals surface area contributed by atoms with Crippen molar-refractivity contribution < 1.29 is 37.9 Å². The third kappa shape index (κ3) is 9.10. The maximum atomic E-state index is 4.88. The van der Waals surface area contributed by atoms with Gasteiger partial charge in [-0.1, -0.05) is 0 Å². The van der Waals surface area contributed by atoms with Crippen molar-refractivity contribution in [1.82, 2.24) is 0 Å². The average molecular weight is 304 g/mol. The zero-order valence-corrected chi connectivity index (χ0v) is 11.6. The summed E-state index contributed by atoms with van der Waals surface area (Å²) in [5.74, 6) is 0. The van der Waals surface area contributed by atoms with E-state index >= 15 is 0 Å². The zero-order chi connectivity index (χ0) is 13.0. The van der Waals surface area contributed by atoms with Crippen molar-refractivity contribution in [3.05, 3.63) is 0 Å². The molecule has 0 rings (SSSR count). The van der Waals surface area contributed by atoms with Crippen LogP contribution in [0.5, 0.6) is 0 Å². The van der Waals surface area contributed by atoms with Crippen LogP contribution >= 0.6 is 0 Å². The van der Waals surface area contributed by atoms with Gasteiger partial charge in [-0.2, -0.15) is 18.3 Å². The molecule has 0 amide bonds. The van der Waals surface area contributed by atoms with Crippen molar-refractivity contribution in [2.75, 3.05) is 26.4 Å². The molecular weight excluding hydrogens is 280 g/mol. The van der Waals surface area contributed by atoms with Gasteiger partial charge in [0, 0.05) is 0 Å². The summed E-state index contributed by atoms with van der Waals surface area (Å²) in [5, 5.41) is 0. The Morgan fingerprint density at radius 1 is 0.556 bits per heavy atom. The second-order valence-corrected chi connectivity index (χ2v) is 4.13. The minimum atomic E-state index is -3.77. The molecule has 0 radical (unpaired) electrons. The van der Waals surface area contributed by atoms with Gasteiger partial charge in [-0.3, -0.25) is 0 Å². The Labute approximate surface area is 113 Å². The fraction of sp³-hybridized carbons (Fsp3) is 1.00. The molecule has 8 nitrogen and oxygen atoms in total. The molecule has 0 aromatic rings. The highest BCUT2D eigenvalue weighted by molar-refractivity contribution is 6.52. The maximum absolute atomic E-state index is 4.88. The largest absolute Gasteiger partial charge is 0.792 e. The Bertz CT molecular complexity index is 136. The molecule has 0 bridgehead atoms.